The summed E-state index contributed by atoms with van der Waals surface area (Å²) >= 11 is 0. The summed E-state index contributed by atoms with van der Waals surface area (Å²) in [4.78, 5) is 33.0. The molecule has 0 saturated carbocycles. The molecule has 2 aliphatic rings. The second kappa shape index (κ2) is 11.8. The van der Waals surface area contributed by atoms with Crippen LogP contribution in [0.1, 0.15) is 52.8 Å². The standard InChI is InChI=1S/C23H35N5O3/c1-24-23(26-18-10-15-27(16-11-18)13-7-17-31-2)25-12-5-6-14-28-21(29)19-8-3-4-9-20(19)22(28)30/h3-4,8-9,18H,5-7,10-17H2,1-2H3,(H2,24,25,26). The van der Waals surface area contributed by atoms with E-state index < -0.39 is 0 Å². The molecular formula is C23H35N5O3. The fraction of sp³-hybridized carbons (Fsp3) is 0.609. The van der Waals surface area contributed by atoms with Gasteiger partial charge in [0.25, 0.3) is 11.8 Å². The minimum atomic E-state index is -0.181. The number of benzene rings is 1. The molecule has 0 bridgehead atoms. The molecule has 2 amide bonds. The van der Waals surface area contributed by atoms with Crippen LogP contribution in [0, 0.1) is 0 Å². The molecule has 0 spiro atoms. The zero-order valence-corrected chi connectivity index (χ0v) is 18.7. The number of methoxy groups -OCH3 is 1. The molecule has 2 aliphatic heterocycles. The maximum atomic E-state index is 12.4. The monoisotopic (exact) mass is 429 g/mol. The van der Waals surface area contributed by atoms with E-state index in [-0.39, 0.29) is 11.8 Å². The lowest BCUT2D eigenvalue weighted by Gasteiger charge is -2.33. The largest absolute Gasteiger partial charge is 0.385 e. The number of hydrogen-bond donors (Lipinski definition) is 2. The molecule has 1 fully saturated rings. The number of carbonyl (C=O) groups excluding carboxylic acids is 2. The lowest BCUT2D eigenvalue weighted by atomic mass is 10.1. The average molecular weight is 430 g/mol. The first-order chi connectivity index (χ1) is 15.1. The van der Waals surface area contributed by atoms with Crippen molar-refractivity contribution in [3.63, 3.8) is 0 Å². The molecule has 0 aliphatic carbocycles. The van der Waals surface area contributed by atoms with E-state index in [4.69, 9.17) is 4.74 Å². The van der Waals surface area contributed by atoms with Crippen molar-refractivity contribution in [2.45, 2.75) is 38.1 Å². The summed E-state index contributed by atoms with van der Waals surface area (Å²) in [6, 6.07) is 7.46. The predicted octanol–water partition coefficient (Wildman–Crippen LogP) is 1.73. The van der Waals surface area contributed by atoms with E-state index in [0.29, 0.717) is 23.7 Å². The van der Waals surface area contributed by atoms with Crippen LogP contribution in [0.4, 0.5) is 0 Å². The van der Waals surface area contributed by atoms with Crippen LogP contribution in [0.5, 0.6) is 0 Å². The Balaban J connectivity index is 1.31. The number of unbranched alkanes of at least 4 members (excludes halogenated alkanes) is 1. The second-order valence-electron chi connectivity index (χ2n) is 8.12. The van der Waals surface area contributed by atoms with Crippen molar-refractivity contribution in [3.8, 4) is 0 Å². The number of amides is 2. The van der Waals surface area contributed by atoms with Crippen LogP contribution in [-0.2, 0) is 4.74 Å². The number of piperidine rings is 1. The van der Waals surface area contributed by atoms with Crippen molar-refractivity contribution < 1.29 is 14.3 Å². The lowest BCUT2D eigenvalue weighted by Crippen LogP contribution is -2.49. The Bertz CT molecular complexity index is 739. The molecule has 8 heteroatoms. The minimum Gasteiger partial charge on any atom is -0.385 e. The van der Waals surface area contributed by atoms with E-state index in [1.165, 1.54) is 4.90 Å². The van der Waals surface area contributed by atoms with Gasteiger partial charge in [-0.2, -0.15) is 0 Å². The van der Waals surface area contributed by atoms with Gasteiger partial charge in [0.05, 0.1) is 11.1 Å². The van der Waals surface area contributed by atoms with Gasteiger partial charge in [0, 0.05) is 59.5 Å². The Labute approximate surface area is 185 Å². The highest BCUT2D eigenvalue weighted by Crippen LogP contribution is 2.22. The fourth-order valence-electron chi connectivity index (χ4n) is 4.17. The lowest BCUT2D eigenvalue weighted by molar-refractivity contribution is 0.0652. The number of aliphatic imine (C=N–C) groups is 1. The summed E-state index contributed by atoms with van der Waals surface area (Å²) in [6.45, 7) is 5.31. The van der Waals surface area contributed by atoms with Crippen LogP contribution in [-0.4, -0.2) is 87.1 Å². The van der Waals surface area contributed by atoms with Crippen molar-refractivity contribution in [2.24, 2.45) is 4.99 Å². The van der Waals surface area contributed by atoms with Gasteiger partial charge in [-0.05, 0) is 44.2 Å². The average Bonchev–Trinajstić information content (AvgIpc) is 3.04. The normalized spacial score (nSPS) is 17.9. The number of fused-ring (bicyclic) bond motifs is 1. The van der Waals surface area contributed by atoms with Gasteiger partial charge in [0.1, 0.15) is 0 Å². The Hall–Kier alpha value is -2.45. The van der Waals surface area contributed by atoms with Gasteiger partial charge in [-0.3, -0.25) is 19.5 Å². The highest BCUT2D eigenvalue weighted by molar-refractivity contribution is 6.21. The number of rotatable bonds is 10. The molecule has 2 heterocycles. The third kappa shape index (κ3) is 6.27. The van der Waals surface area contributed by atoms with Crippen molar-refractivity contribution >= 4 is 17.8 Å². The summed E-state index contributed by atoms with van der Waals surface area (Å²) < 4.78 is 5.13. The summed E-state index contributed by atoms with van der Waals surface area (Å²) in [5, 5.41) is 6.88. The van der Waals surface area contributed by atoms with Gasteiger partial charge in [-0.25, -0.2) is 0 Å². The maximum absolute atomic E-state index is 12.4. The summed E-state index contributed by atoms with van der Waals surface area (Å²) in [6.07, 6.45) is 4.90. The van der Waals surface area contributed by atoms with Crippen LogP contribution < -0.4 is 10.6 Å². The van der Waals surface area contributed by atoms with Gasteiger partial charge in [-0.1, -0.05) is 12.1 Å². The van der Waals surface area contributed by atoms with Gasteiger partial charge < -0.3 is 20.3 Å². The van der Waals surface area contributed by atoms with E-state index in [1.807, 2.05) is 0 Å². The quantitative estimate of drug-likeness (QED) is 0.255. The van der Waals surface area contributed by atoms with Gasteiger partial charge in [-0.15, -0.1) is 0 Å². The summed E-state index contributed by atoms with van der Waals surface area (Å²) in [5.41, 5.74) is 1.03. The number of imide groups is 1. The number of carbonyl (C=O) groups is 2. The molecule has 2 N–H and O–H groups in total. The molecule has 0 unspecified atom stereocenters. The molecule has 0 aromatic heterocycles. The van der Waals surface area contributed by atoms with Crippen LogP contribution >= 0.6 is 0 Å². The zero-order chi connectivity index (χ0) is 22.1. The molecule has 0 radical (unpaired) electrons. The van der Waals surface area contributed by atoms with Crippen molar-refractivity contribution in [2.75, 3.05) is 53.5 Å². The van der Waals surface area contributed by atoms with E-state index >= 15 is 0 Å². The van der Waals surface area contributed by atoms with Crippen LogP contribution in [0.25, 0.3) is 0 Å². The summed E-state index contributed by atoms with van der Waals surface area (Å²) in [5.74, 6) is 0.456. The van der Waals surface area contributed by atoms with Gasteiger partial charge in [0.2, 0.25) is 0 Å². The predicted molar refractivity (Wildman–Crippen MR) is 121 cm³/mol. The van der Waals surface area contributed by atoms with Crippen molar-refractivity contribution in [1.82, 2.24) is 20.4 Å². The van der Waals surface area contributed by atoms with Crippen LogP contribution in [0.15, 0.2) is 29.3 Å². The Morgan fingerprint density at radius 2 is 1.74 bits per heavy atom. The first-order valence-electron chi connectivity index (χ1n) is 11.3. The maximum Gasteiger partial charge on any atom is 0.261 e. The zero-order valence-electron chi connectivity index (χ0n) is 18.7. The van der Waals surface area contributed by atoms with E-state index in [2.05, 4.69) is 20.5 Å². The van der Waals surface area contributed by atoms with Crippen LogP contribution in [0.2, 0.25) is 0 Å². The number of guanidine groups is 1. The molecule has 31 heavy (non-hydrogen) atoms. The first kappa shape index (κ1) is 23.2. The van der Waals surface area contributed by atoms with Crippen molar-refractivity contribution in [1.29, 1.82) is 0 Å². The number of ether oxygens (including phenoxy) is 1. The molecule has 1 aromatic rings. The smallest absolute Gasteiger partial charge is 0.261 e. The third-order valence-electron chi connectivity index (χ3n) is 5.95. The first-order valence-corrected chi connectivity index (χ1v) is 11.3. The molecule has 1 aromatic carbocycles. The Morgan fingerprint density at radius 3 is 2.35 bits per heavy atom. The van der Waals surface area contributed by atoms with E-state index in [1.54, 1.807) is 38.4 Å². The molecule has 1 saturated heterocycles. The fourth-order valence-corrected chi connectivity index (χ4v) is 4.17. The molecule has 3 rings (SSSR count). The minimum absolute atomic E-state index is 0.181. The number of nitrogens with zero attached hydrogens (tertiary/aromatic N) is 3. The molecular weight excluding hydrogens is 394 g/mol. The van der Waals surface area contributed by atoms with Gasteiger partial charge in [0.15, 0.2) is 5.96 Å². The molecule has 8 nitrogen and oxygen atoms in total. The van der Waals surface area contributed by atoms with E-state index in [9.17, 15) is 9.59 Å². The third-order valence-corrected chi connectivity index (χ3v) is 5.95. The number of nitrogens with one attached hydrogen (secondary N) is 2. The topological polar surface area (TPSA) is 86.3 Å². The Morgan fingerprint density at radius 1 is 1.06 bits per heavy atom. The SMILES string of the molecule is CN=C(NCCCCN1C(=O)c2ccccc2C1=O)NC1CCN(CCCOC)CC1. The van der Waals surface area contributed by atoms with Crippen LogP contribution in [0.3, 0.4) is 0 Å². The molecule has 0 atom stereocenters. The highest BCUT2D eigenvalue weighted by Gasteiger charge is 2.34. The highest BCUT2D eigenvalue weighted by atomic mass is 16.5. The van der Waals surface area contributed by atoms with Crippen molar-refractivity contribution in [3.05, 3.63) is 35.4 Å². The number of hydrogen-bond acceptors (Lipinski definition) is 5. The number of likely N-dealkylation sites (tertiary alicyclic amines) is 1. The van der Waals surface area contributed by atoms with E-state index in [0.717, 1.165) is 70.8 Å². The second-order valence-corrected chi connectivity index (χ2v) is 8.12. The summed E-state index contributed by atoms with van der Waals surface area (Å²) in [7, 11) is 3.54. The Kier molecular flexibility index (Phi) is 8.85. The van der Waals surface area contributed by atoms with Gasteiger partial charge >= 0.3 is 0 Å². The molecule has 170 valence electrons.